The molecule has 0 bridgehead atoms. The van der Waals surface area contributed by atoms with Gasteiger partial charge in [0.05, 0.1) is 11.4 Å². The molecule has 0 aliphatic heterocycles. The molecule has 0 saturated carbocycles. The Balaban J connectivity index is 1.27. The maximum absolute atomic E-state index is 10.6. The molecule has 0 amide bonds. The molecule has 0 saturated heterocycles. The van der Waals surface area contributed by atoms with Gasteiger partial charge in [-0.25, -0.2) is 9.59 Å². The van der Waals surface area contributed by atoms with E-state index in [1.165, 1.54) is 0 Å². The van der Waals surface area contributed by atoms with Crippen LogP contribution in [0.4, 0.5) is 11.4 Å². The summed E-state index contributed by atoms with van der Waals surface area (Å²) in [6.45, 7) is 0. The van der Waals surface area contributed by atoms with Gasteiger partial charge in [-0.2, -0.15) is 9.98 Å². The van der Waals surface area contributed by atoms with Crippen LogP contribution in [-0.2, 0) is 9.59 Å². The third kappa shape index (κ3) is 4.77. The lowest BCUT2D eigenvalue weighted by molar-refractivity contribution is 0.482. The van der Waals surface area contributed by atoms with E-state index in [-0.39, 0.29) is 0 Å². The minimum absolute atomic E-state index is 0.546. The number of rotatable bonds is 6. The Morgan fingerprint density at radius 2 is 0.711 bits per heavy atom. The highest BCUT2D eigenvalue weighted by Gasteiger charge is 2.06. The summed E-state index contributed by atoms with van der Waals surface area (Å²) in [5, 5.41) is 5.88. The van der Waals surface area contributed by atoms with Crippen LogP contribution in [0.5, 0.6) is 23.0 Å². The number of nitrogens with zero attached hydrogens (tertiary/aromatic N) is 2. The molecule has 0 heterocycles. The van der Waals surface area contributed by atoms with E-state index in [2.05, 4.69) is 9.98 Å². The first-order valence-corrected chi connectivity index (χ1v) is 11.8. The summed E-state index contributed by atoms with van der Waals surface area (Å²) >= 11 is 0. The summed E-state index contributed by atoms with van der Waals surface area (Å²) in [7, 11) is 0. The van der Waals surface area contributed by atoms with Gasteiger partial charge in [0.25, 0.3) is 0 Å². The number of carbonyl (C=O) groups excluding carboxylic acids is 2. The summed E-state index contributed by atoms with van der Waals surface area (Å²) < 4.78 is 12.3. The van der Waals surface area contributed by atoms with Crippen LogP contribution in [-0.4, -0.2) is 12.2 Å². The molecule has 6 heteroatoms. The maximum Gasteiger partial charge on any atom is 0.240 e. The fourth-order valence-corrected chi connectivity index (χ4v) is 4.40. The summed E-state index contributed by atoms with van der Waals surface area (Å²) in [5.74, 6) is 2.71. The lowest BCUT2D eigenvalue weighted by Crippen LogP contribution is -1.87. The molecule has 6 nitrogen and oxygen atoms in total. The Morgan fingerprint density at radius 1 is 0.395 bits per heavy atom. The van der Waals surface area contributed by atoms with Gasteiger partial charge in [0.1, 0.15) is 23.0 Å². The molecule has 0 N–H and O–H groups in total. The molecule has 0 aromatic heterocycles. The van der Waals surface area contributed by atoms with E-state index in [4.69, 9.17) is 9.47 Å². The first-order valence-electron chi connectivity index (χ1n) is 11.8. The van der Waals surface area contributed by atoms with Crippen molar-refractivity contribution in [3.8, 4) is 23.0 Å². The molecule has 0 fully saturated rings. The van der Waals surface area contributed by atoms with Gasteiger partial charge in [-0.05, 0) is 105 Å². The first-order chi connectivity index (χ1) is 18.7. The molecule has 0 spiro atoms. The van der Waals surface area contributed by atoms with Crippen molar-refractivity contribution in [2.45, 2.75) is 0 Å². The van der Waals surface area contributed by atoms with E-state index in [0.717, 1.165) is 32.3 Å². The van der Waals surface area contributed by atoms with Crippen molar-refractivity contribution in [2.24, 2.45) is 9.98 Å². The Hall–Kier alpha value is -5.54. The second-order valence-corrected chi connectivity index (χ2v) is 8.67. The SMILES string of the molecule is O=C=Nc1ccc2ccc(Oc3ccc4ccc(Oc5ccc6ccc(N=C=O)cc6c5)cc4c3)cc2c1. The lowest BCUT2D eigenvalue weighted by Gasteiger charge is -2.10. The molecule has 0 atom stereocenters. The van der Waals surface area contributed by atoms with Crippen LogP contribution >= 0.6 is 0 Å². The zero-order valence-corrected chi connectivity index (χ0v) is 19.9. The van der Waals surface area contributed by atoms with Crippen LogP contribution in [0.15, 0.2) is 119 Å². The highest BCUT2D eigenvalue weighted by Crippen LogP contribution is 2.33. The quantitative estimate of drug-likeness (QED) is 0.171. The predicted molar refractivity (Wildman–Crippen MR) is 148 cm³/mol. The topological polar surface area (TPSA) is 77.3 Å². The van der Waals surface area contributed by atoms with Crippen molar-refractivity contribution < 1.29 is 19.1 Å². The average Bonchev–Trinajstić information content (AvgIpc) is 2.93. The molecular formula is C32H18N2O4. The van der Waals surface area contributed by atoms with Gasteiger partial charge in [0, 0.05) is 0 Å². The van der Waals surface area contributed by atoms with E-state index in [1.807, 2.05) is 97.1 Å². The minimum atomic E-state index is 0.546. The van der Waals surface area contributed by atoms with E-state index in [1.54, 1.807) is 24.3 Å². The van der Waals surface area contributed by atoms with Crippen LogP contribution in [0.1, 0.15) is 0 Å². The molecule has 0 radical (unpaired) electrons. The van der Waals surface area contributed by atoms with Crippen molar-refractivity contribution in [1.29, 1.82) is 0 Å². The predicted octanol–water partition coefficient (Wildman–Crippen LogP) is 8.67. The van der Waals surface area contributed by atoms with Gasteiger partial charge in [0.2, 0.25) is 12.2 Å². The highest BCUT2D eigenvalue weighted by atomic mass is 16.5. The molecule has 0 unspecified atom stereocenters. The summed E-state index contributed by atoms with van der Waals surface area (Å²) in [5.41, 5.74) is 1.09. The van der Waals surface area contributed by atoms with E-state index >= 15 is 0 Å². The lowest BCUT2D eigenvalue weighted by atomic mass is 10.1. The fraction of sp³-hybridized carbons (Fsp3) is 0. The van der Waals surface area contributed by atoms with Crippen molar-refractivity contribution in [3.05, 3.63) is 109 Å². The number of fused-ring (bicyclic) bond motifs is 3. The van der Waals surface area contributed by atoms with Gasteiger partial charge in [0.15, 0.2) is 0 Å². The van der Waals surface area contributed by atoms with Crippen LogP contribution in [0.25, 0.3) is 32.3 Å². The number of isocyanates is 2. The number of benzene rings is 6. The molecule has 0 aliphatic carbocycles. The van der Waals surface area contributed by atoms with Crippen LogP contribution in [0.3, 0.4) is 0 Å². The van der Waals surface area contributed by atoms with Gasteiger partial charge in [-0.15, -0.1) is 0 Å². The van der Waals surface area contributed by atoms with Crippen molar-refractivity contribution in [1.82, 2.24) is 0 Å². The first kappa shape index (κ1) is 22.9. The molecule has 0 aliphatic rings. The largest absolute Gasteiger partial charge is 0.457 e. The van der Waals surface area contributed by atoms with E-state index in [9.17, 15) is 9.59 Å². The minimum Gasteiger partial charge on any atom is -0.457 e. The van der Waals surface area contributed by atoms with Crippen molar-refractivity contribution in [3.63, 3.8) is 0 Å². The number of ether oxygens (including phenoxy) is 2. The fourth-order valence-electron chi connectivity index (χ4n) is 4.40. The summed E-state index contributed by atoms with van der Waals surface area (Å²) in [4.78, 5) is 28.6. The zero-order chi connectivity index (χ0) is 25.9. The van der Waals surface area contributed by atoms with E-state index in [0.29, 0.717) is 34.4 Å². The Bertz CT molecular complexity index is 1810. The van der Waals surface area contributed by atoms with Gasteiger partial charge in [-0.3, -0.25) is 0 Å². The zero-order valence-electron chi connectivity index (χ0n) is 19.9. The van der Waals surface area contributed by atoms with E-state index < -0.39 is 0 Å². The molecule has 6 aromatic carbocycles. The number of aliphatic imine (C=N–C) groups is 2. The standard InChI is InChI=1S/C32H18N2O4/c35-19-33-27-7-1-21-3-9-29(15-24(21)13-27)37-31-11-5-23-6-12-32(18-26(23)17-31)38-30-10-4-22-2-8-28(34-20-36)14-25(22)16-30/h1-18H. The summed E-state index contributed by atoms with van der Waals surface area (Å²) in [6.07, 6.45) is 3.14. The highest BCUT2D eigenvalue weighted by molar-refractivity contribution is 5.88. The molecule has 180 valence electrons. The van der Waals surface area contributed by atoms with Crippen molar-refractivity contribution in [2.75, 3.05) is 0 Å². The summed E-state index contributed by atoms with van der Waals surface area (Å²) in [6, 6.07) is 34.3. The molecule has 6 rings (SSSR count). The maximum atomic E-state index is 10.6. The normalized spacial score (nSPS) is 10.6. The Kier molecular flexibility index (Phi) is 5.93. The van der Waals surface area contributed by atoms with Crippen molar-refractivity contribution >= 4 is 55.9 Å². The molecular weight excluding hydrogens is 476 g/mol. The third-order valence-corrected chi connectivity index (χ3v) is 6.19. The Labute approximate surface area is 217 Å². The number of hydrogen-bond donors (Lipinski definition) is 0. The van der Waals surface area contributed by atoms with Gasteiger partial charge in [-0.1, -0.05) is 36.4 Å². The Morgan fingerprint density at radius 3 is 1.05 bits per heavy atom. The van der Waals surface area contributed by atoms with Gasteiger partial charge >= 0.3 is 0 Å². The van der Waals surface area contributed by atoms with Crippen LogP contribution < -0.4 is 9.47 Å². The molecule has 6 aromatic rings. The average molecular weight is 495 g/mol. The monoisotopic (exact) mass is 494 g/mol. The number of hydrogen-bond acceptors (Lipinski definition) is 6. The smallest absolute Gasteiger partial charge is 0.240 e. The second-order valence-electron chi connectivity index (χ2n) is 8.67. The van der Waals surface area contributed by atoms with Crippen LogP contribution in [0, 0.1) is 0 Å². The van der Waals surface area contributed by atoms with Crippen LogP contribution in [0.2, 0.25) is 0 Å². The van der Waals surface area contributed by atoms with Gasteiger partial charge < -0.3 is 9.47 Å². The molecule has 38 heavy (non-hydrogen) atoms. The second kappa shape index (κ2) is 9.84. The third-order valence-electron chi connectivity index (χ3n) is 6.19.